The van der Waals surface area contributed by atoms with Gasteiger partial charge < -0.3 is 14.8 Å². The Morgan fingerprint density at radius 2 is 1.70 bits per heavy atom. The van der Waals surface area contributed by atoms with E-state index in [1.807, 2.05) is 17.0 Å². The van der Waals surface area contributed by atoms with Gasteiger partial charge >= 0.3 is 0 Å². The minimum absolute atomic E-state index is 0.0628. The van der Waals surface area contributed by atoms with Crippen LogP contribution in [0.5, 0.6) is 0 Å². The second-order valence-corrected chi connectivity index (χ2v) is 7.23. The largest absolute Gasteiger partial charge is 0.371 e. The normalized spacial score (nSPS) is 19.5. The number of nitrogens with one attached hydrogen (secondary N) is 1. The van der Waals surface area contributed by atoms with Crippen LogP contribution >= 0.6 is 0 Å². The molecule has 4 rings (SSSR count). The monoisotopic (exact) mass is 374 g/mol. The van der Waals surface area contributed by atoms with E-state index in [2.05, 4.69) is 14.8 Å². The molecule has 5 nitrogen and oxygen atoms in total. The van der Waals surface area contributed by atoms with Crippen molar-refractivity contribution < 1.29 is 13.6 Å². The molecule has 2 aliphatic rings. The molecule has 3 heterocycles. The van der Waals surface area contributed by atoms with Crippen molar-refractivity contribution in [3.63, 3.8) is 0 Å². The van der Waals surface area contributed by atoms with E-state index < -0.39 is 11.6 Å². The minimum Gasteiger partial charge on any atom is -0.371 e. The summed E-state index contributed by atoms with van der Waals surface area (Å²) >= 11 is 0. The van der Waals surface area contributed by atoms with E-state index in [0.717, 1.165) is 57.8 Å². The maximum Gasteiger partial charge on any atom is 0.270 e. The molecule has 0 bridgehead atoms. The van der Waals surface area contributed by atoms with Gasteiger partial charge in [-0.05, 0) is 37.1 Å². The Kier molecular flexibility index (Phi) is 5.11. The Morgan fingerprint density at radius 3 is 2.33 bits per heavy atom. The fraction of sp³-hybridized carbons (Fsp3) is 0.450. The zero-order valence-electron chi connectivity index (χ0n) is 15.2. The van der Waals surface area contributed by atoms with Crippen LogP contribution < -0.4 is 4.90 Å². The molecular formula is C20H24F2N4O. The van der Waals surface area contributed by atoms with Crippen LogP contribution in [-0.4, -0.2) is 66.0 Å². The lowest BCUT2D eigenvalue weighted by atomic mass is 10.0. The van der Waals surface area contributed by atoms with Crippen molar-refractivity contribution >= 4 is 11.6 Å². The predicted octanol–water partition coefficient (Wildman–Crippen LogP) is 2.72. The molecule has 1 aromatic heterocycles. The molecular weight excluding hydrogens is 350 g/mol. The van der Waals surface area contributed by atoms with Crippen LogP contribution in [0.15, 0.2) is 36.5 Å². The molecule has 2 saturated heterocycles. The molecule has 1 amide bonds. The van der Waals surface area contributed by atoms with Gasteiger partial charge in [0.1, 0.15) is 5.69 Å². The first-order chi connectivity index (χ1) is 13.1. The van der Waals surface area contributed by atoms with Gasteiger partial charge in [0.05, 0.1) is 0 Å². The van der Waals surface area contributed by atoms with Crippen molar-refractivity contribution in [3.05, 3.63) is 53.9 Å². The second kappa shape index (κ2) is 7.68. The first-order valence-electron chi connectivity index (χ1n) is 9.48. The molecule has 144 valence electrons. The fourth-order valence-electron chi connectivity index (χ4n) is 4.09. The zero-order chi connectivity index (χ0) is 18.8. The quantitative estimate of drug-likeness (QED) is 0.898. The minimum atomic E-state index is -0.805. The van der Waals surface area contributed by atoms with Crippen LogP contribution in [0.1, 0.15) is 23.3 Å². The van der Waals surface area contributed by atoms with E-state index in [0.29, 0.717) is 11.7 Å². The number of hydrogen-bond acceptors (Lipinski definition) is 3. The Bertz CT molecular complexity index is 779. The fourth-order valence-corrected chi connectivity index (χ4v) is 4.09. The summed E-state index contributed by atoms with van der Waals surface area (Å²) in [4.78, 5) is 21.9. The first-order valence-corrected chi connectivity index (χ1v) is 9.48. The van der Waals surface area contributed by atoms with Crippen molar-refractivity contribution in [1.29, 1.82) is 0 Å². The number of anilines is 1. The van der Waals surface area contributed by atoms with Crippen molar-refractivity contribution in [2.24, 2.45) is 0 Å². The van der Waals surface area contributed by atoms with Crippen LogP contribution in [0.25, 0.3) is 0 Å². The molecule has 7 heteroatoms. The summed E-state index contributed by atoms with van der Waals surface area (Å²) in [6, 6.07) is 8.24. The van der Waals surface area contributed by atoms with E-state index in [1.54, 1.807) is 12.3 Å². The number of amides is 1. The molecule has 0 saturated carbocycles. The summed E-state index contributed by atoms with van der Waals surface area (Å²) in [5, 5.41) is 0. The molecule has 1 aromatic carbocycles. The molecule has 27 heavy (non-hydrogen) atoms. The molecule has 0 spiro atoms. The van der Waals surface area contributed by atoms with Crippen molar-refractivity contribution in [2.45, 2.75) is 18.9 Å². The summed E-state index contributed by atoms with van der Waals surface area (Å²) in [7, 11) is 0. The topological polar surface area (TPSA) is 42.6 Å². The first kappa shape index (κ1) is 18.0. The number of aromatic amines is 1. The summed E-state index contributed by atoms with van der Waals surface area (Å²) in [6.07, 6.45) is 3.75. The molecule has 0 unspecified atom stereocenters. The molecule has 2 fully saturated rings. The van der Waals surface area contributed by atoms with Gasteiger partial charge in [-0.1, -0.05) is 0 Å². The molecule has 0 aliphatic carbocycles. The molecule has 2 aliphatic heterocycles. The van der Waals surface area contributed by atoms with Crippen molar-refractivity contribution in [2.75, 3.05) is 44.2 Å². The van der Waals surface area contributed by atoms with Gasteiger partial charge in [-0.15, -0.1) is 0 Å². The number of piperidine rings is 1. The van der Waals surface area contributed by atoms with Crippen molar-refractivity contribution in [3.8, 4) is 0 Å². The third kappa shape index (κ3) is 3.83. The number of aromatic nitrogens is 1. The Labute approximate surface area is 157 Å². The van der Waals surface area contributed by atoms with Gasteiger partial charge in [0.2, 0.25) is 0 Å². The number of H-pyrrole nitrogens is 1. The number of hydrogen-bond donors (Lipinski definition) is 1. The van der Waals surface area contributed by atoms with Gasteiger partial charge in [0.15, 0.2) is 11.6 Å². The SMILES string of the molecule is O=C(c1ccc[nH]1)N1CCN(C2CCN(c3ccc(F)c(F)c3)CC2)CC1. The van der Waals surface area contributed by atoms with Crippen LogP contribution in [0.3, 0.4) is 0 Å². The average Bonchev–Trinajstić information content (AvgIpc) is 3.25. The second-order valence-electron chi connectivity index (χ2n) is 7.23. The highest BCUT2D eigenvalue weighted by atomic mass is 19.2. The van der Waals surface area contributed by atoms with Crippen LogP contribution in [0.4, 0.5) is 14.5 Å². The third-order valence-electron chi connectivity index (χ3n) is 5.68. The maximum atomic E-state index is 13.5. The van der Waals surface area contributed by atoms with E-state index >= 15 is 0 Å². The van der Waals surface area contributed by atoms with E-state index in [1.165, 1.54) is 12.1 Å². The number of rotatable bonds is 3. The molecule has 0 radical (unpaired) electrons. The third-order valence-corrected chi connectivity index (χ3v) is 5.68. The van der Waals surface area contributed by atoms with Crippen LogP contribution in [0, 0.1) is 11.6 Å². The lowest BCUT2D eigenvalue weighted by molar-refractivity contribution is 0.0536. The van der Waals surface area contributed by atoms with E-state index in [-0.39, 0.29) is 5.91 Å². The Balaban J connectivity index is 1.28. The molecule has 0 atom stereocenters. The smallest absolute Gasteiger partial charge is 0.270 e. The number of nitrogens with zero attached hydrogens (tertiary/aromatic N) is 3. The average molecular weight is 374 g/mol. The number of benzene rings is 1. The number of piperazine rings is 1. The molecule has 1 N–H and O–H groups in total. The Hall–Kier alpha value is -2.41. The number of halogens is 2. The highest BCUT2D eigenvalue weighted by molar-refractivity contribution is 5.92. The van der Waals surface area contributed by atoms with Crippen molar-refractivity contribution in [1.82, 2.24) is 14.8 Å². The van der Waals surface area contributed by atoms with Crippen LogP contribution in [-0.2, 0) is 0 Å². The zero-order valence-corrected chi connectivity index (χ0v) is 15.2. The highest BCUT2D eigenvalue weighted by Gasteiger charge is 2.29. The van der Waals surface area contributed by atoms with Gasteiger partial charge in [-0.25, -0.2) is 8.78 Å². The van der Waals surface area contributed by atoms with E-state index in [9.17, 15) is 13.6 Å². The summed E-state index contributed by atoms with van der Waals surface area (Å²) < 4.78 is 26.6. The summed E-state index contributed by atoms with van der Waals surface area (Å²) in [5.74, 6) is -1.54. The highest BCUT2D eigenvalue weighted by Crippen LogP contribution is 2.25. The predicted molar refractivity (Wildman–Crippen MR) is 99.9 cm³/mol. The summed E-state index contributed by atoms with van der Waals surface area (Å²) in [5.41, 5.74) is 1.39. The standard InChI is InChI=1S/C20H24F2N4O/c21-17-4-3-16(14-18(17)22)24-8-5-15(6-9-24)25-10-12-26(13-11-25)20(27)19-2-1-7-23-19/h1-4,7,14-15,23H,5-6,8-13H2. The van der Waals surface area contributed by atoms with E-state index in [4.69, 9.17) is 0 Å². The van der Waals surface area contributed by atoms with Gasteiger partial charge in [0, 0.05) is 63.3 Å². The molecule has 2 aromatic rings. The number of carbonyl (C=O) groups is 1. The lowest BCUT2D eigenvalue weighted by Crippen LogP contribution is -2.54. The van der Waals surface area contributed by atoms with Gasteiger partial charge in [-0.3, -0.25) is 9.69 Å². The Morgan fingerprint density at radius 1 is 0.963 bits per heavy atom. The lowest BCUT2D eigenvalue weighted by Gasteiger charge is -2.43. The van der Waals surface area contributed by atoms with Gasteiger partial charge in [0.25, 0.3) is 5.91 Å². The summed E-state index contributed by atoms with van der Waals surface area (Å²) in [6.45, 7) is 4.89. The maximum absolute atomic E-state index is 13.5. The van der Waals surface area contributed by atoms with Crippen LogP contribution in [0.2, 0.25) is 0 Å². The number of carbonyl (C=O) groups excluding carboxylic acids is 1. The van der Waals surface area contributed by atoms with Gasteiger partial charge in [-0.2, -0.15) is 0 Å².